The van der Waals surface area contributed by atoms with Crippen LogP contribution in [0.4, 0.5) is 11.4 Å². The molecule has 0 radical (unpaired) electrons. The predicted molar refractivity (Wildman–Crippen MR) is 110 cm³/mol. The number of hydrogen-bond donors (Lipinski definition) is 0. The molecule has 2 aliphatic heterocycles. The number of carbonyl (C=O) groups excluding carboxylic acids is 3. The highest BCUT2D eigenvalue weighted by Crippen LogP contribution is 2.40. The molecule has 2 aromatic rings. The molecule has 1 saturated heterocycles. The van der Waals surface area contributed by atoms with Gasteiger partial charge in [0.05, 0.1) is 18.5 Å². The SMILES string of the molecule is COc1ccc(N2N=C(C(C)=O)[C@@H]3C(=O)N(c4cccc(Cl)c4C)C(=O)[C@H]32)cc1. The lowest BCUT2D eigenvalue weighted by atomic mass is 9.95. The monoisotopic (exact) mass is 411 g/mol. The van der Waals surface area contributed by atoms with Gasteiger partial charge in [-0.25, -0.2) is 4.90 Å². The normalized spacial score (nSPS) is 20.8. The topological polar surface area (TPSA) is 79.3 Å². The van der Waals surface area contributed by atoms with Gasteiger partial charge in [-0.1, -0.05) is 17.7 Å². The lowest BCUT2D eigenvalue weighted by Gasteiger charge is -2.23. The van der Waals surface area contributed by atoms with Crippen molar-refractivity contribution in [3.63, 3.8) is 0 Å². The fraction of sp³-hybridized carbons (Fsp3) is 0.238. The van der Waals surface area contributed by atoms with E-state index in [1.54, 1.807) is 56.5 Å². The average Bonchev–Trinajstić information content (AvgIpc) is 3.22. The zero-order valence-electron chi connectivity index (χ0n) is 16.0. The highest BCUT2D eigenvalue weighted by atomic mass is 35.5. The van der Waals surface area contributed by atoms with Crippen LogP contribution in [0.2, 0.25) is 5.02 Å². The van der Waals surface area contributed by atoms with E-state index in [9.17, 15) is 14.4 Å². The smallest absolute Gasteiger partial charge is 0.259 e. The van der Waals surface area contributed by atoms with Crippen molar-refractivity contribution < 1.29 is 19.1 Å². The Morgan fingerprint density at radius 2 is 1.79 bits per heavy atom. The second-order valence-electron chi connectivity index (χ2n) is 6.90. The quantitative estimate of drug-likeness (QED) is 0.722. The molecular weight excluding hydrogens is 394 g/mol. The van der Waals surface area contributed by atoms with E-state index in [1.165, 1.54) is 11.9 Å². The second-order valence-corrected chi connectivity index (χ2v) is 7.31. The Morgan fingerprint density at radius 3 is 2.41 bits per heavy atom. The van der Waals surface area contributed by atoms with Crippen LogP contribution >= 0.6 is 11.6 Å². The van der Waals surface area contributed by atoms with Crippen LogP contribution in [0.15, 0.2) is 47.6 Å². The summed E-state index contributed by atoms with van der Waals surface area (Å²) in [6, 6.07) is 11.0. The van der Waals surface area contributed by atoms with E-state index in [2.05, 4.69) is 5.10 Å². The van der Waals surface area contributed by atoms with Crippen LogP contribution in [0.3, 0.4) is 0 Å². The van der Waals surface area contributed by atoms with Crippen LogP contribution in [0.25, 0.3) is 0 Å². The molecule has 0 aliphatic carbocycles. The van der Waals surface area contributed by atoms with Gasteiger partial charge in [-0.3, -0.25) is 19.4 Å². The van der Waals surface area contributed by atoms with Gasteiger partial charge in [0.15, 0.2) is 5.78 Å². The summed E-state index contributed by atoms with van der Waals surface area (Å²) < 4.78 is 5.17. The summed E-state index contributed by atoms with van der Waals surface area (Å²) in [5, 5.41) is 6.23. The van der Waals surface area contributed by atoms with Gasteiger partial charge >= 0.3 is 0 Å². The molecule has 0 unspecified atom stereocenters. The van der Waals surface area contributed by atoms with Gasteiger partial charge in [-0.05, 0) is 48.9 Å². The minimum Gasteiger partial charge on any atom is -0.497 e. The number of benzene rings is 2. The zero-order chi connectivity index (χ0) is 20.9. The second kappa shape index (κ2) is 7.00. The highest BCUT2D eigenvalue weighted by Gasteiger charge is 2.58. The van der Waals surface area contributed by atoms with E-state index in [0.717, 1.165) is 4.90 Å². The molecule has 2 amide bonds. The number of hydrazone groups is 1. The third kappa shape index (κ3) is 2.89. The summed E-state index contributed by atoms with van der Waals surface area (Å²) in [6.45, 7) is 3.09. The number of rotatable bonds is 4. The molecule has 4 rings (SSSR count). The first-order valence-electron chi connectivity index (χ1n) is 9.00. The van der Waals surface area contributed by atoms with Crippen LogP contribution in [-0.4, -0.2) is 36.5 Å². The molecular formula is C21H18ClN3O4. The van der Waals surface area contributed by atoms with Gasteiger partial charge in [0.2, 0.25) is 5.91 Å². The summed E-state index contributed by atoms with van der Waals surface area (Å²) >= 11 is 6.19. The van der Waals surface area contributed by atoms with Crippen molar-refractivity contribution in [1.82, 2.24) is 0 Å². The summed E-state index contributed by atoms with van der Waals surface area (Å²) in [7, 11) is 1.55. The van der Waals surface area contributed by atoms with Crippen LogP contribution < -0.4 is 14.6 Å². The van der Waals surface area contributed by atoms with Crippen LogP contribution in [-0.2, 0) is 14.4 Å². The van der Waals surface area contributed by atoms with Crippen molar-refractivity contribution in [3.8, 4) is 5.75 Å². The fourth-order valence-electron chi connectivity index (χ4n) is 3.73. The molecule has 8 heteroatoms. The minimum absolute atomic E-state index is 0.0753. The number of methoxy groups -OCH3 is 1. The van der Waals surface area contributed by atoms with Crippen LogP contribution in [0, 0.1) is 12.8 Å². The Morgan fingerprint density at radius 1 is 1.10 bits per heavy atom. The largest absolute Gasteiger partial charge is 0.497 e. The van der Waals surface area contributed by atoms with Crippen molar-refractivity contribution >= 4 is 46.3 Å². The van der Waals surface area contributed by atoms with Crippen molar-refractivity contribution in [2.45, 2.75) is 19.9 Å². The van der Waals surface area contributed by atoms with E-state index in [0.29, 0.717) is 27.7 Å². The standard InChI is InChI=1S/C21H18ClN3O4/c1-11-15(22)5-4-6-16(11)24-20(27)17-18(12(2)26)23-25(19(17)21(24)28)13-7-9-14(29-3)10-8-13/h4-10,17,19H,1-3H3/t17-,19-/m0/s1. The van der Waals surface area contributed by atoms with Gasteiger partial charge in [0, 0.05) is 11.9 Å². The van der Waals surface area contributed by atoms with Gasteiger partial charge in [-0.15, -0.1) is 0 Å². The van der Waals surface area contributed by atoms with Gasteiger partial charge < -0.3 is 4.74 Å². The molecule has 0 saturated carbocycles. The Hall–Kier alpha value is -3.19. The molecule has 2 atom stereocenters. The maximum absolute atomic E-state index is 13.3. The molecule has 0 aromatic heterocycles. The fourth-order valence-corrected chi connectivity index (χ4v) is 3.90. The van der Waals surface area contributed by atoms with Gasteiger partial charge in [0.25, 0.3) is 5.91 Å². The van der Waals surface area contributed by atoms with Crippen molar-refractivity contribution in [2.24, 2.45) is 11.0 Å². The third-order valence-corrected chi connectivity index (χ3v) is 5.64. The van der Waals surface area contributed by atoms with E-state index in [-0.39, 0.29) is 11.5 Å². The third-order valence-electron chi connectivity index (χ3n) is 5.23. The Bertz CT molecular complexity index is 1060. The number of Topliss-reactive ketones (excluding diaryl/α,β-unsaturated/α-hetero) is 1. The molecule has 2 aliphatic rings. The summed E-state index contributed by atoms with van der Waals surface area (Å²) in [5.41, 5.74) is 1.70. The number of carbonyl (C=O) groups is 3. The number of fused-ring (bicyclic) bond motifs is 1. The molecule has 0 N–H and O–H groups in total. The first kappa shape index (κ1) is 19.1. The first-order chi connectivity index (χ1) is 13.8. The Balaban J connectivity index is 1.80. The molecule has 0 spiro atoms. The van der Waals surface area contributed by atoms with E-state index in [1.807, 2.05) is 0 Å². The zero-order valence-corrected chi connectivity index (χ0v) is 16.8. The molecule has 0 bridgehead atoms. The number of amides is 2. The van der Waals surface area contributed by atoms with Crippen molar-refractivity contribution in [3.05, 3.63) is 53.1 Å². The van der Waals surface area contributed by atoms with Crippen molar-refractivity contribution in [2.75, 3.05) is 17.0 Å². The molecule has 7 nitrogen and oxygen atoms in total. The number of ether oxygens (including phenoxy) is 1. The van der Waals surface area contributed by atoms with E-state index >= 15 is 0 Å². The van der Waals surface area contributed by atoms with Crippen LogP contribution in [0.5, 0.6) is 5.75 Å². The lowest BCUT2D eigenvalue weighted by Crippen LogP contribution is -2.39. The molecule has 148 valence electrons. The summed E-state index contributed by atoms with van der Waals surface area (Å²) in [4.78, 5) is 39.9. The average molecular weight is 412 g/mol. The molecule has 29 heavy (non-hydrogen) atoms. The maximum atomic E-state index is 13.3. The van der Waals surface area contributed by atoms with Crippen molar-refractivity contribution in [1.29, 1.82) is 0 Å². The minimum atomic E-state index is -0.958. The predicted octanol–water partition coefficient (Wildman–Crippen LogP) is 2.98. The number of ketones is 1. The van der Waals surface area contributed by atoms with Gasteiger partial charge in [0.1, 0.15) is 23.4 Å². The first-order valence-corrected chi connectivity index (χ1v) is 9.38. The van der Waals surface area contributed by atoms with E-state index < -0.39 is 23.8 Å². The number of hydrogen-bond acceptors (Lipinski definition) is 6. The maximum Gasteiger partial charge on any atom is 0.259 e. The highest BCUT2D eigenvalue weighted by molar-refractivity contribution is 6.49. The number of halogens is 1. The summed E-state index contributed by atoms with van der Waals surface area (Å²) in [5.74, 6) is -1.58. The summed E-state index contributed by atoms with van der Waals surface area (Å²) in [6.07, 6.45) is 0. The van der Waals surface area contributed by atoms with Gasteiger partial charge in [-0.2, -0.15) is 5.10 Å². The molecule has 2 aromatic carbocycles. The Kier molecular flexibility index (Phi) is 4.62. The molecule has 1 fully saturated rings. The van der Waals surface area contributed by atoms with Crippen LogP contribution in [0.1, 0.15) is 12.5 Å². The molecule has 2 heterocycles. The number of anilines is 2. The van der Waals surface area contributed by atoms with E-state index in [4.69, 9.17) is 16.3 Å². The lowest BCUT2D eigenvalue weighted by molar-refractivity contribution is -0.122. The number of imide groups is 1. The Labute approximate surface area is 172 Å². The number of nitrogens with zero attached hydrogens (tertiary/aromatic N) is 3.